The number of benzene rings is 2. The fourth-order valence-corrected chi connectivity index (χ4v) is 2.32. The number of allylic oxidation sites excluding steroid dienone is 1. The highest BCUT2D eigenvalue weighted by Crippen LogP contribution is 2.13. The average Bonchev–Trinajstić information content (AvgIpc) is 2.37. The summed E-state index contributed by atoms with van der Waals surface area (Å²) in [6.07, 6.45) is 3.45. The lowest BCUT2D eigenvalue weighted by Gasteiger charge is -1.97. The normalized spacial score (nSPS) is 10.8. The fourth-order valence-electron chi connectivity index (χ4n) is 1.49. The molecule has 0 aliphatic rings. The Bertz CT molecular complexity index is 588. The molecule has 2 aromatic rings. The van der Waals surface area contributed by atoms with Crippen LogP contribution in [0, 0.1) is 3.57 Å². The predicted octanol–water partition coefficient (Wildman–Crippen LogP) is 4.95. The van der Waals surface area contributed by atoms with Gasteiger partial charge in [-0.2, -0.15) is 0 Å². The van der Waals surface area contributed by atoms with Crippen LogP contribution >= 0.6 is 38.5 Å². The van der Waals surface area contributed by atoms with Gasteiger partial charge in [-0.15, -0.1) is 0 Å². The first-order chi connectivity index (χ1) is 8.65. The van der Waals surface area contributed by atoms with E-state index in [1.807, 2.05) is 54.6 Å². The maximum Gasteiger partial charge on any atom is 0.185 e. The maximum atomic E-state index is 11.9. The Balaban J connectivity index is 2.14. The molecule has 0 amide bonds. The van der Waals surface area contributed by atoms with E-state index in [0.717, 1.165) is 13.6 Å². The van der Waals surface area contributed by atoms with Gasteiger partial charge in [0.05, 0.1) is 0 Å². The van der Waals surface area contributed by atoms with Crippen LogP contribution in [0.4, 0.5) is 0 Å². The molecule has 3 heteroatoms. The van der Waals surface area contributed by atoms with Crippen molar-refractivity contribution in [1.29, 1.82) is 0 Å². The number of carbonyl (C=O) groups excluding carboxylic acids is 1. The fraction of sp³-hybridized carbons (Fsp3) is 0. The molecule has 0 saturated carbocycles. The minimum absolute atomic E-state index is 0.0151. The van der Waals surface area contributed by atoms with Crippen molar-refractivity contribution in [3.8, 4) is 0 Å². The topological polar surface area (TPSA) is 17.1 Å². The second-order valence-electron chi connectivity index (χ2n) is 3.76. The Morgan fingerprint density at radius 2 is 1.83 bits per heavy atom. The Labute approximate surface area is 128 Å². The van der Waals surface area contributed by atoms with Gasteiger partial charge in [-0.05, 0) is 70.6 Å². The molecule has 90 valence electrons. The van der Waals surface area contributed by atoms with Crippen molar-refractivity contribution in [2.24, 2.45) is 0 Å². The van der Waals surface area contributed by atoms with Gasteiger partial charge in [0, 0.05) is 13.6 Å². The van der Waals surface area contributed by atoms with Gasteiger partial charge in [0.2, 0.25) is 0 Å². The molecule has 0 unspecified atom stereocenters. The van der Waals surface area contributed by atoms with E-state index in [1.54, 1.807) is 6.08 Å². The lowest BCUT2D eigenvalue weighted by atomic mass is 10.1. The van der Waals surface area contributed by atoms with Gasteiger partial charge >= 0.3 is 0 Å². The first-order valence-corrected chi connectivity index (χ1v) is 7.26. The van der Waals surface area contributed by atoms with Crippen LogP contribution in [0.3, 0.4) is 0 Å². The number of carbonyl (C=O) groups is 1. The van der Waals surface area contributed by atoms with Crippen LogP contribution in [-0.2, 0) is 0 Å². The third-order valence-corrected chi connectivity index (χ3v) is 3.60. The van der Waals surface area contributed by atoms with Gasteiger partial charge in [0.15, 0.2) is 5.78 Å². The molecule has 18 heavy (non-hydrogen) atoms. The van der Waals surface area contributed by atoms with Crippen molar-refractivity contribution in [1.82, 2.24) is 0 Å². The second-order valence-corrected chi connectivity index (χ2v) is 5.92. The molecule has 0 atom stereocenters. The third-order valence-electron chi connectivity index (χ3n) is 2.40. The van der Waals surface area contributed by atoms with Gasteiger partial charge in [0.1, 0.15) is 0 Å². The summed E-state index contributed by atoms with van der Waals surface area (Å²) in [5, 5.41) is 0. The van der Waals surface area contributed by atoms with E-state index in [0.29, 0.717) is 5.56 Å². The predicted molar refractivity (Wildman–Crippen MR) is 86.7 cm³/mol. The van der Waals surface area contributed by atoms with Crippen molar-refractivity contribution < 1.29 is 4.79 Å². The molecule has 0 radical (unpaired) electrons. The number of hydrogen-bond donors (Lipinski definition) is 0. The van der Waals surface area contributed by atoms with Crippen LogP contribution in [0.15, 0.2) is 59.1 Å². The van der Waals surface area contributed by atoms with Crippen LogP contribution in [-0.4, -0.2) is 5.78 Å². The number of hydrogen-bond acceptors (Lipinski definition) is 1. The molecular weight excluding hydrogens is 403 g/mol. The molecule has 0 aliphatic carbocycles. The summed E-state index contributed by atoms with van der Waals surface area (Å²) in [5.41, 5.74) is 1.73. The Hall–Kier alpha value is -0.940. The Morgan fingerprint density at radius 1 is 1.11 bits per heavy atom. The summed E-state index contributed by atoms with van der Waals surface area (Å²) in [7, 11) is 0. The van der Waals surface area contributed by atoms with Crippen molar-refractivity contribution >= 4 is 50.4 Å². The van der Waals surface area contributed by atoms with Crippen LogP contribution in [0.2, 0.25) is 0 Å². The van der Waals surface area contributed by atoms with Gasteiger partial charge in [-0.3, -0.25) is 4.79 Å². The Morgan fingerprint density at radius 3 is 2.50 bits per heavy atom. The molecule has 0 aromatic heterocycles. The van der Waals surface area contributed by atoms with Gasteiger partial charge in [0.25, 0.3) is 0 Å². The highest BCUT2D eigenvalue weighted by atomic mass is 127. The summed E-state index contributed by atoms with van der Waals surface area (Å²) in [6, 6.07) is 15.4. The molecule has 0 saturated heterocycles. The molecule has 1 nitrogen and oxygen atoms in total. The average molecular weight is 413 g/mol. The zero-order valence-corrected chi connectivity index (χ0v) is 13.2. The van der Waals surface area contributed by atoms with Crippen LogP contribution in [0.25, 0.3) is 6.08 Å². The standard InChI is InChI=1S/C15H10BrIO/c16-13-7-5-12(6-8-13)15(18)9-4-11-2-1-3-14(17)10-11/h1-10H/b9-4+. The third kappa shape index (κ3) is 3.78. The highest BCUT2D eigenvalue weighted by Gasteiger charge is 2.00. The SMILES string of the molecule is O=C(/C=C/c1cccc(I)c1)c1ccc(Br)cc1. The van der Waals surface area contributed by atoms with E-state index in [1.165, 1.54) is 0 Å². The largest absolute Gasteiger partial charge is 0.289 e. The molecule has 2 rings (SSSR count). The van der Waals surface area contributed by atoms with Crippen molar-refractivity contribution in [2.45, 2.75) is 0 Å². The molecule has 2 aromatic carbocycles. The molecule has 0 N–H and O–H groups in total. The van der Waals surface area contributed by atoms with E-state index in [2.05, 4.69) is 38.5 Å². The number of ketones is 1. The van der Waals surface area contributed by atoms with Gasteiger partial charge in [-0.25, -0.2) is 0 Å². The highest BCUT2D eigenvalue weighted by molar-refractivity contribution is 14.1. The lowest BCUT2D eigenvalue weighted by molar-refractivity contribution is 0.104. The molecule has 0 spiro atoms. The van der Waals surface area contributed by atoms with E-state index in [-0.39, 0.29) is 5.78 Å². The van der Waals surface area contributed by atoms with Crippen molar-refractivity contribution in [3.05, 3.63) is 73.8 Å². The van der Waals surface area contributed by atoms with E-state index >= 15 is 0 Å². The summed E-state index contributed by atoms with van der Waals surface area (Å²) in [5.74, 6) is 0.0151. The summed E-state index contributed by atoms with van der Waals surface area (Å²) in [6.45, 7) is 0. The monoisotopic (exact) mass is 412 g/mol. The van der Waals surface area contributed by atoms with Crippen molar-refractivity contribution in [2.75, 3.05) is 0 Å². The molecule has 0 heterocycles. The number of rotatable bonds is 3. The molecule has 0 fully saturated rings. The quantitative estimate of drug-likeness (QED) is 0.396. The second kappa shape index (κ2) is 6.29. The van der Waals surface area contributed by atoms with Crippen LogP contribution < -0.4 is 0 Å². The lowest BCUT2D eigenvalue weighted by Crippen LogP contribution is -1.93. The first-order valence-electron chi connectivity index (χ1n) is 5.39. The maximum absolute atomic E-state index is 11.9. The van der Waals surface area contributed by atoms with Crippen LogP contribution in [0.5, 0.6) is 0 Å². The van der Waals surface area contributed by atoms with Crippen LogP contribution in [0.1, 0.15) is 15.9 Å². The van der Waals surface area contributed by atoms with Gasteiger partial charge < -0.3 is 0 Å². The van der Waals surface area contributed by atoms with E-state index < -0.39 is 0 Å². The molecular formula is C15H10BrIO. The Kier molecular flexibility index (Phi) is 4.72. The summed E-state index contributed by atoms with van der Waals surface area (Å²) in [4.78, 5) is 11.9. The minimum Gasteiger partial charge on any atom is -0.289 e. The van der Waals surface area contributed by atoms with E-state index in [4.69, 9.17) is 0 Å². The minimum atomic E-state index is 0.0151. The first kappa shape index (κ1) is 13.5. The molecule has 0 bridgehead atoms. The molecule has 0 aliphatic heterocycles. The zero-order valence-electron chi connectivity index (χ0n) is 9.44. The summed E-state index contributed by atoms with van der Waals surface area (Å²) < 4.78 is 2.13. The zero-order chi connectivity index (χ0) is 13.0. The van der Waals surface area contributed by atoms with Gasteiger partial charge in [-0.1, -0.05) is 34.1 Å². The van der Waals surface area contributed by atoms with E-state index in [9.17, 15) is 4.79 Å². The smallest absolute Gasteiger partial charge is 0.185 e. The summed E-state index contributed by atoms with van der Waals surface area (Å²) >= 11 is 5.60. The van der Waals surface area contributed by atoms with Crippen molar-refractivity contribution in [3.63, 3.8) is 0 Å². The number of halogens is 2.